The molecule has 0 spiro atoms. The largest absolute Gasteiger partial charge is 0.312 e. The van der Waals surface area contributed by atoms with E-state index >= 15 is 0 Å². The molecule has 1 saturated heterocycles. The lowest BCUT2D eigenvalue weighted by Gasteiger charge is -2.29. The number of hydrazine groups is 1. The Labute approximate surface area is 140 Å². The summed E-state index contributed by atoms with van der Waals surface area (Å²) in [4.78, 5) is 0.317. The second-order valence-electron chi connectivity index (χ2n) is 5.73. The van der Waals surface area contributed by atoms with Gasteiger partial charge >= 0.3 is 0 Å². The standard InChI is InChI=1S/C15H20N4O2S2/c1-18-15(13-5-3-4-10-19(13)16)22-14(17-18)11-6-8-12(9-7-11)23(2,20)21/h6-9H,3-5,10,16H2,1-2H3. The number of hydrazone groups is 1. The quantitative estimate of drug-likeness (QED) is 0.820. The number of hydrogen-bond acceptors (Lipinski definition) is 7. The number of thioether (sulfide) groups is 1. The van der Waals surface area contributed by atoms with E-state index in [1.54, 1.807) is 36.0 Å². The lowest BCUT2D eigenvalue weighted by molar-refractivity contribution is 0.286. The minimum absolute atomic E-state index is 0.317. The van der Waals surface area contributed by atoms with Gasteiger partial charge in [-0.25, -0.2) is 14.3 Å². The van der Waals surface area contributed by atoms with E-state index < -0.39 is 9.84 Å². The summed E-state index contributed by atoms with van der Waals surface area (Å²) in [5, 5.41) is 10.1. The number of allylic oxidation sites excluding steroid dienone is 1. The number of benzene rings is 1. The van der Waals surface area contributed by atoms with E-state index in [9.17, 15) is 8.42 Å². The van der Waals surface area contributed by atoms with Gasteiger partial charge in [-0.1, -0.05) is 12.1 Å². The summed E-state index contributed by atoms with van der Waals surface area (Å²) in [7, 11) is -1.27. The van der Waals surface area contributed by atoms with Crippen molar-refractivity contribution < 1.29 is 8.42 Å². The van der Waals surface area contributed by atoms with Crippen LogP contribution in [-0.2, 0) is 9.84 Å². The minimum atomic E-state index is -3.18. The predicted molar refractivity (Wildman–Crippen MR) is 93.2 cm³/mol. The maximum Gasteiger partial charge on any atom is 0.175 e. The fourth-order valence-electron chi connectivity index (χ4n) is 2.65. The van der Waals surface area contributed by atoms with Crippen molar-refractivity contribution >= 4 is 26.6 Å². The second-order valence-corrected chi connectivity index (χ2v) is 8.72. The van der Waals surface area contributed by atoms with Crippen LogP contribution in [0.5, 0.6) is 0 Å². The Morgan fingerprint density at radius 2 is 1.91 bits per heavy atom. The van der Waals surface area contributed by atoms with Gasteiger partial charge in [0.1, 0.15) is 10.1 Å². The Kier molecular flexibility index (Phi) is 4.39. The topological polar surface area (TPSA) is 79.0 Å². The van der Waals surface area contributed by atoms with Gasteiger partial charge in [0.15, 0.2) is 9.84 Å². The van der Waals surface area contributed by atoms with Gasteiger partial charge in [-0.05, 0) is 43.2 Å². The summed E-state index contributed by atoms with van der Waals surface area (Å²) < 4.78 is 23.1. The molecule has 2 aliphatic heterocycles. The van der Waals surface area contributed by atoms with Crippen LogP contribution in [-0.4, -0.2) is 43.3 Å². The molecule has 3 rings (SSSR count). The van der Waals surface area contributed by atoms with Gasteiger partial charge in [-0.2, -0.15) is 5.10 Å². The second kappa shape index (κ2) is 6.18. The molecule has 8 heteroatoms. The van der Waals surface area contributed by atoms with Crippen LogP contribution in [0.15, 0.2) is 45.0 Å². The third-order valence-electron chi connectivity index (χ3n) is 3.91. The van der Waals surface area contributed by atoms with E-state index in [0.717, 1.165) is 47.1 Å². The Morgan fingerprint density at radius 1 is 1.22 bits per heavy atom. The first-order valence-electron chi connectivity index (χ1n) is 7.42. The minimum Gasteiger partial charge on any atom is -0.312 e. The molecule has 0 saturated carbocycles. The molecule has 0 bridgehead atoms. The molecule has 0 radical (unpaired) electrons. The zero-order valence-corrected chi connectivity index (χ0v) is 14.8. The van der Waals surface area contributed by atoms with Gasteiger partial charge in [0.25, 0.3) is 0 Å². The van der Waals surface area contributed by atoms with E-state index in [1.165, 1.54) is 6.26 Å². The monoisotopic (exact) mass is 352 g/mol. The Hall–Kier alpha value is -1.51. The fourth-order valence-corrected chi connectivity index (χ4v) is 4.39. The number of sulfone groups is 1. The Balaban J connectivity index is 1.86. The summed E-state index contributed by atoms with van der Waals surface area (Å²) in [5.41, 5.74) is 2.03. The molecule has 0 amide bonds. The van der Waals surface area contributed by atoms with Gasteiger partial charge in [-0.15, -0.1) is 0 Å². The third kappa shape index (κ3) is 3.39. The molecule has 0 atom stereocenters. The van der Waals surface area contributed by atoms with Crippen LogP contribution < -0.4 is 5.84 Å². The van der Waals surface area contributed by atoms with Crippen LogP contribution in [0.25, 0.3) is 0 Å². The summed E-state index contributed by atoms with van der Waals surface area (Å²) in [6.07, 6.45) is 4.42. The van der Waals surface area contributed by atoms with E-state index in [0.29, 0.717) is 4.90 Å². The zero-order valence-electron chi connectivity index (χ0n) is 13.2. The van der Waals surface area contributed by atoms with Crippen molar-refractivity contribution in [2.24, 2.45) is 10.9 Å². The molecule has 1 aromatic rings. The summed E-state index contributed by atoms with van der Waals surface area (Å²) in [6.45, 7) is 0.867. The third-order valence-corrected chi connectivity index (χ3v) is 6.25. The summed E-state index contributed by atoms with van der Waals surface area (Å²) in [6, 6.07) is 6.83. The normalized spacial score (nSPS) is 22.5. The summed E-state index contributed by atoms with van der Waals surface area (Å²) >= 11 is 1.58. The Morgan fingerprint density at radius 3 is 2.52 bits per heavy atom. The first-order valence-corrected chi connectivity index (χ1v) is 10.1. The van der Waals surface area contributed by atoms with Crippen molar-refractivity contribution in [3.8, 4) is 0 Å². The molecule has 0 aliphatic carbocycles. The predicted octanol–water partition coefficient (Wildman–Crippen LogP) is 1.96. The smallest absolute Gasteiger partial charge is 0.175 e. The van der Waals surface area contributed by atoms with Crippen LogP contribution in [0.1, 0.15) is 24.8 Å². The first-order chi connectivity index (χ1) is 10.9. The van der Waals surface area contributed by atoms with Crippen molar-refractivity contribution in [1.82, 2.24) is 10.0 Å². The van der Waals surface area contributed by atoms with E-state index in [2.05, 4.69) is 5.10 Å². The molecule has 23 heavy (non-hydrogen) atoms. The van der Waals surface area contributed by atoms with Crippen LogP contribution in [0.3, 0.4) is 0 Å². The molecule has 1 aromatic carbocycles. The maximum atomic E-state index is 11.5. The number of nitrogens with two attached hydrogens (primary N) is 1. The highest BCUT2D eigenvalue weighted by Gasteiger charge is 2.26. The number of rotatable bonds is 2. The van der Waals surface area contributed by atoms with Crippen molar-refractivity contribution in [2.45, 2.75) is 24.2 Å². The van der Waals surface area contributed by atoms with Crippen LogP contribution in [0, 0.1) is 0 Å². The molecule has 2 N–H and O–H groups in total. The van der Waals surface area contributed by atoms with Gasteiger partial charge in [0, 0.05) is 25.4 Å². The summed E-state index contributed by atoms with van der Waals surface area (Å²) in [5.74, 6) is 6.09. The van der Waals surface area contributed by atoms with Gasteiger partial charge in [0.05, 0.1) is 10.6 Å². The molecule has 0 unspecified atom stereocenters. The van der Waals surface area contributed by atoms with Crippen molar-refractivity contribution in [3.63, 3.8) is 0 Å². The first kappa shape index (κ1) is 16.4. The molecule has 2 aliphatic rings. The molecule has 0 aromatic heterocycles. The Bertz CT molecular complexity index is 769. The lowest BCUT2D eigenvalue weighted by atomic mass is 10.1. The highest BCUT2D eigenvalue weighted by Crippen LogP contribution is 2.37. The van der Waals surface area contributed by atoms with Crippen LogP contribution in [0.2, 0.25) is 0 Å². The maximum absolute atomic E-state index is 11.5. The SMILES string of the molecule is CN1N=C(c2ccc(S(C)(=O)=O)cc2)SC1=C1CCCCN1N. The molecule has 2 heterocycles. The van der Waals surface area contributed by atoms with E-state index in [1.807, 2.05) is 17.1 Å². The molecule has 1 fully saturated rings. The van der Waals surface area contributed by atoms with Crippen molar-refractivity contribution in [1.29, 1.82) is 0 Å². The van der Waals surface area contributed by atoms with Crippen LogP contribution >= 0.6 is 11.8 Å². The van der Waals surface area contributed by atoms with Crippen molar-refractivity contribution in [3.05, 3.63) is 40.6 Å². The van der Waals surface area contributed by atoms with Crippen LogP contribution in [0.4, 0.5) is 0 Å². The average molecular weight is 352 g/mol. The van der Waals surface area contributed by atoms with Gasteiger partial charge in [0.2, 0.25) is 0 Å². The van der Waals surface area contributed by atoms with Gasteiger partial charge in [-0.3, -0.25) is 5.01 Å². The highest BCUT2D eigenvalue weighted by atomic mass is 32.2. The zero-order chi connectivity index (χ0) is 16.6. The molecular formula is C15H20N4O2S2. The van der Waals surface area contributed by atoms with Gasteiger partial charge < -0.3 is 5.01 Å². The molecular weight excluding hydrogens is 332 g/mol. The average Bonchev–Trinajstić information content (AvgIpc) is 2.89. The number of hydrogen-bond donors (Lipinski definition) is 1. The lowest BCUT2D eigenvalue weighted by Crippen LogP contribution is -2.35. The van der Waals surface area contributed by atoms with E-state index in [-0.39, 0.29) is 0 Å². The highest BCUT2D eigenvalue weighted by molar-refractivity contribution is 8.17. The van der Waals surface area contributed by atoms with E-state index in [4.69, 9.17) is 5.84 Å². The molecule has 6 nitrogen and oxygen atoms in total. The number of piperidine rings is 1. The number of nitrogens with zero attached hydrogens (tertiary/aromatic N) is 3. The fraction of sp³-hybridized carbons (Fsp3) is 0.400. The molecule has 124 valence electrons. The van der Waals surface area contributed by atoms with Crippen molar-refractivity contribution in [2.75, 3.05) is 19.8 Å².